The van der Waals surface area contributed by atoms with Gasteiger partial charge in [0.25, 0.3) is 0 Å². The van der Waals surface area contributed by atoms with Crippen molar-refractivity contribution in [3.8, 4) is 0 Å². The summed E-state index contributed by atoms with van der Waals surface area (Å²) in [7, 11) is 0. The van der Waals surface area contributed by atoms with Crippen molar-refractivity contribution in [2.24, 2.45) is 4.99 Å². The van der Waals surface area contributed by atoms with Crippen LogP contribution in [0.4, 0.5) is 0 Å². The average molecular weight is 341 g/mol. The fraction of sp³-hybridized carbons (Fsp3) is 0.476. The van der Waals surface area contributed by atoms with Crippen LogP contribution in [0.5, 0.6) is 0 Å². The predicted octanol–water partition coefficient (Wildman–Crippen LogP) is 3.75. The topological polar surface area (TPSA) is 45.7 Å². The van der Waals surface area contributed by atoms with E-state index in [4.69, 9.17) is 4.74 Å². The van der Waals surface area contributed by atoms with Crippen LogP contribution in [0.1, 0.15) is 32.3 Å². The summed E-state index contributed by atoms with van der Waals surface area (Å²) in [6.07, 6.45) is 3.10. The summed E-state index contributed by atoms with van der Waals surface area (Å²) < 4.78 is 5.36. The van der Waals surface area contributed by atoms with Gasteiger partial charge in [0, 0.05) is 32.8 Å². The summed E-state index contributed by atoms with van der Waals surface area (Å²) in [6.45, 7) is 8.32. The Bertz CT molecular complexity index is 649. The first kappa shape index (κ1) is 19.3. The van der Waals surface area contributed by atoms with Crippen LogP contribution in [0.3, 0.4) is 0 Å². The number of guanidine groups is 1. The summed E-state index contributed by atoms with van der Waals surface area (Å²) in [5, 5.41) is 9.40. The molecule has 0 aliphatic carbocycles. The molecule has 4 nitrogen and oxygen atoms in total. The van der Waals surface area contributed by atoms with E-state index >= 15 is 0 Å². The Kier molecular flexibility index (Phi) is 8.84. The van der Waals surface area contributed by atoms with Gasteiger partial charge in [-0.05, 0) is 49.4 Å². The van der Waals surface area contributed by atoms with Crippen LogP contribution in [0.2, 0.25) is 0 Å². The van der Waals surface area contributed by atoms with Crippen molar-refractivity contribution < 1.29 is 4.74 Å². The Labute approximate surface area is 151 Å². The van der Waals surface area contributed by atoms with Gasteiger partial charge < -0.3 is 15.4 Å². The number of hydrogen-bond acceptors (Lipinski definition) is 2. The van der Waals surface area contributed by atoms with Crippen LogP contribution < -0.4 is 10.6 Å². The van der Waals surface area contributed by atoms with Gasteiger partial charge in [0.15, 0.2) is 5.96 Å². The third-order valence-corrected chi connectivity index (χ3v) is 4.08. The molecule has 4 heteroatoms. The maximum absolute atomic E-state index is 5.36. The van der Waals surface area contributed by atoms with Gasteiger partial charge in [-0.15, -0.1) is 0 Å². The molecule has 0 aromatic heterocycles. The second kappa shape index (κ2) is 11.5. The minimum absolute atomic E-state index is 0.793. The zero-order chi connectivity index (χ0) is 17.7. The molecular weight excluding hydrogens is 310 g/mol. The van der Waals surface area contributed by atoms with Gasteiger partial charge in [0.2, 0.25) is 0 Å². The lowest BCUT2D eigenvalue weighted by molar-refractivity contribution is 0.144. The minimum Gasteiger partial charge on any atom is -0.382 e. The van der Waals surface area contributed by atoms with E-state index in [9.17, 15) is 0 Å². The fourth-order valence-corrected chi connectivity index (χ4v) is 2.82. The second-order valence-corrected chi connectivity index (χ2v) is 5.98. The van der Waals surface area contributed by atoms with E-state index in [-0.39, 0.29) is 0 Å². The van der Waals surface area contributed by atoms with Gasteiger partial charge in [-0.2, -0.15) is 0 Å². The number of nitrogens with zero attached hydrogens (tertiary/aromatic N) is 1. The summed E-state index contributed by atoms with van der Waals surface area (Å²) in [4.78, 5) is 4.64. The lowest BCUT2D eigenvalue weighted by Gasteiger charge is -2.12. The Morgan fingerprint density at radius 2 is 1.84 bits per heavy atom. The highest BCUT2D eigenvalue weighted by molar-refractivity contribution is 5.85. The molecule has 0 amide bonds. The number of benzene rings is 2. The quantitative estimate of drug-likeness (QED) is 0.393. The molecule has 0 saturated heterocycles. The molecule has 0 unspecified atom stereocenters. The number of unbranched alkanes of at least 4 members (excludes halogenated alkanes) is 1. The van der Waals surface area contributed by atoms with Crippen molar-refractivity contribution in [2.45, 2.75) is 33.1 Å². The van der Waals surface area contributed by atoms with Crippen LogP contribution in [-0.2, 0) is 11.2 Å². The van der Waals surface area contributed by atoms with Crippen LogP contribution in [-0.4, -0.2) is 38.8 Å². The SMILES string of the molecule is CCNC(=NCCCCOCC)NCCc1cccc2ccccc12. The standard InChI is InChI=1S/C21H31N3O/c1-3-22-21(23-15-7-8-17-25-4-2)24-16-14-19-12-9-11-18-10-5-6-13-20(18)19/h5-6,9-13H,3-4,7-8,14-17H2,1-2H3,(H2,22,23,24). The summed E-state index contributed by atoms with van der Waals surface area (Å²) in [5.41, 5.74) is 1.37. The molecule has 0 radical (unpaired) electrons. The van der Waals surface area contributed by atoms with Crippen LogP contribution in [0.15, 0.2) is 47.5 Å². The van der Waals surface area contributed by atoms with E-state index in [0.29, 0.717) is 0 Å². The number of nitrogens with one attached hydrogen (secondary N) is 2. The van der Waals surface area contributed by atoms with E-state index in [2.05, 4.69) is 65.0 Å². The third kappa shape index (κ3) is 6.75. The molecule has 2 rings (SSSR count). The van der Waals surface area contributed by atoms with Crippen molar-refractivity contribution in [1.82, 2.24) is 10.6 Å². The van der Waals surface area contributed by atoms with Gasteiger partial charge in [-0.1, -0.05) is 42.5 Å². The predicted molar refractivity (Wildman–Crippen MR) is 107 cm³/mol. The van der Waals surface area contributed by atoms with E-state index in [1.807, 2.05) is 6.92 Å². The average Bonchev–Trinajstić information content (AvgIpc) is 2.64. The first-order chi connectivity index (χ1) is 12.3. The number of ether oxygens (including phenoxy) is 1. The molecule has 0 heterocycles. The van der Waals surface area contributed by atoms with E-state index < -0.39 is 0 Å². The fourth-order valence-electron chi connectivity index (χ4n) is 2.82. The van der Waals surface area contributed by atoms with Crippen molar-refractivity contribution >= 4 is 16.7 Å². The van der Waals surface area contributed by atoms with Crippen LogP contribution in [0.25, 0.3) is 10.8 Å². The highest BCUT2D eigenvalue weighted by Gasteiger charge is 2.01. The second-order valence-electron chi connectivity index (χ2n) is 5.98. The number of rotatable bonds is 10. The lowest BCUT2D eigenvalue weighted by Crippen LogP contribution is -2.38. The normalized spacial score (nSPS) is 11.7. The van der Waals surface area contributed by atoms with E-state index in [0.717, 1.165) is 58.1 Å². The Hall–Kier alpha value is -2.07. The van der Waals surface area contributed by atoms with Crippen molar-refractivity contribution in [1.29, 1.82) is 0 Å². The van der Waals surface area contributed by atoms with Gasteiger partial charge >= 0.3 is 0 Å². The molecule has 2 N–H and O–H groups in total. The van der Waals surface area contributed by atoms with E-state index in [1.165, 1.54) is 16.3 Å². The van der Waals surface area contributed by atoms with E-state index in [1.54, 1.807) is 0 Å². The Balaban J connectivity index is 1.82. The third-order valence-electron chi connectivity index (χ3n) is 4.08. The van der Waals surface area contributed by atoms with Gasteiger partial charge in [0.1, 0.15) is 0 Å². The molecule has 0 saturated carbocycles. The van der Waals surface area contributed by atoms with Gasteiger partial charge in [-0.25, -0.2) is 0 Å². The molecule has 136 valence electrons. The molecular formula is C21H31N3O. The summed E-state index contributed by atoms with van der Waals surface area (Å²) in [5.74, 6) is 0.902. The molecule has 0 aliphatic heterocycles. The van der Waals surface area contributed by atoms with Gasteiger partial charge in [-0.3, -0.25) is 4.99 Å². The minimum atomic E-state index is 0.793. The Morgan fingerprint density at radius 3 is 2.68 bits per heavy atom. The molecule has 0 aliphatic rings. The van der Waals surface area contributed by atoms with Gasteiger partial charge in [0.05, 0.1) is 0 Å². The maximum atomic E-state index is 5.36. The molecule has 0 fully saturated rings. The van der Waals surface area contributed by atoms with Crippen molar-refractivity contribution in [3.05, 3.63) is 48.0 Å². The number of hydrogen-bond donors (Lipinski definition) is 2. The summed E-state index contributed by atoms with van der Waals surface area (Å²) in [6, 6.07) is 15.1. The highest BCUT2D eigenvalue weighted by Crippen LogP contribution is 2.18. The smallest absolute Gasteiger partial charge is 0.191 e. The van der Waals surface area contributed by atoms with Crippen LogP contribution >= 0.6 is 0 Å². The largest absolute Gasteiger partial charge is 0.382 e. The first-order valence-electron chi connectivity index (χ1n) is 9.41. The monoisotopic (exact) mass is 341 g/mol. The van der Waals surface area contributed by atoms with Crippen LogP contribution in [0, 0.1) is 0 Å². The number of fused-ring (bicyclic) bond motifs is 1. The molecule has 25 heavy (non-hydrogen) atoms. The van der Waals surface area contributed by atoms with Crippen molar-refractivity contribution in [3.63, 3.8) is 0 Å². The number of aliphatic imine (C=N–C) groups is 1. The zero-order valence-corrected chi connectivity index (χ0v) is 15.6. The Morgan fingerprint density at radius 1 is 1.00 bits per heavy atom. The molecule has 0 atom stereocenters. The highest BCUT2D eigenvalue weighted by atomic mass is 16.5. The molecule has 2 aromatic rings. The van der Waals surface area contributed by atoms with Crippen molar-refractivity contribution in [2.75, 3.05) is 32.8 Å². The molecule has 0 spiro atoms. The summed E-state index contributed by atoms with van der Waals surface area (Å²) >= 11 is 0. The zero-order valence-electron chi connectivity index (χ0n) is 15.6. The molecule has 0 bridgehead atoms. The molecule has 2 aromatic carbocycles. The lowest BCUT2D eigenvalue weighted by atomic mass is 10.0. The first-order valence-corrected chi connectivity index (χ1v) is 9.41. The maximum Gasteiger partial charge on any atom is 0.191 e.